The van der Waals surface area contributed by atoms with Crippen LogP contribution in [0.3, 0.4) is 0 Å². The Kier molecular flexibility index (Phi) is 5.31. The number of rotatable bonds is 4. The molecule has 1 amide bonds. The normalized spacial score (nSPS) is 10.7. The first-order valence-electron chi connectivity index (χ1n) is 6.30. The molecule has 0 bridgehead atoms. The van der Waals surface area contributed by atoms with Crippen LogP contribution in [-0.4, -0.2) is 18.1 Å². The molecule has 2 aromatic carbocycles. The first-order valence-corrected chi connectivity index (χ1v) is 7.05. The number of anilines is 1. The van der Waals surface area contributed by atoms with E-state index >= 15 is 0 Å². The molecular weight excluding hydrogens is 325 g/mol. The van der Waals surface area contributed by atoms with Gasteiger partial charge >= 0.3 is 0 Å². The van der Waals surface area contributed by atoms with Gasteiger partial charge in [-0.3, -0.25) is 4.79 Å². The molecule has 0 saturated carbocycles. The van der Waals surface area contributed by atoms with Crippen molar-refractivity contribution in [3.63, 3.8) is 0 Å². The molecule has 0 heterocycles. The predicted octanol–water partition coefficient (Wildman–Crippen LogP) is 4.36. The van der Waals surface area contributed by atoms with Gasteiger partial charge in [-0.25, -0.2) is 0 Å². The fraction of sp³-hybridized carbons (Fsp3) is 0.0625. The minimum Gasteiger partial charge on any atom is -0.504 e. The molecule has 22 heavy (non-hydrogen) atoms. The number of carbonyl (C=O) groups excluding carboxylic acids is 1. The summed E-state index contributed by atoms with van der Waals surface area (Å²) >= 11 is 11.7. The van der Waals surface area contributed by atoms with Crippen molar-refractivity contribution in [3.05, 3.63) is 58.1 Å². The van der Waals surface area contributed by atoms with Crippen molar-refractivity contribution in [2.75, 3.05) is 12.4 Å². The van der Waals surface area contributed by atoms with Crippen LogP contribution in [0.5, 0.6) is 11.5 Å². The van der Waals surface area contributed by atoms with E-state index < -0.39 is 0 Å². The van der Waals surface area contributed by atoms with Gasteiger partial charge in [0.2, 0.25) is 5.91 Å². The van der Waals surface area contributed by atoms with Crippen LogP contribution >= 0.6 is 23.2 Å². The van der Waals surface area contributed by atoms with Crippen LogP contribution < -0.4 is 10.1 Å². The molecule has 2 rings (SSSR count). The average Bonchev–Trinajstić information content (AvgIpc) is 2.44. The summed E-state index contributed by atoms with van der Waals surface area (Å²) in [5, 5.41) is 13.2. The smallest absolute Gasteiger partial charge is 0.248 e. The Balaban J connectivity index is 2.06. The standard InChI is InChI=1S/C16H13Cl2NO3/c1-22-15-4-2-10(6-14(15)20)3-5-16(21)19-13-8-11(17)7-12(18)9-13/h2-9,20H,1H3,(H,19,21). The molecule has 0 aromatic heterocycles. The van der Waals surface area contributed by atoms with Crippen LogP contribution in [0.4, 0.5) is 5.69 Å². The monoisotopic (exact) mass is 337 g/mol. The van der Waals surface area contributed by atoms with Crippen molar-refractivity contribution < 1.29 is 14.6 Å². The maximum Gasteiger partial charge on any atom is 0.248 e. The number of methoxy groups -OCH3 is 1. The van der Waals surface area contributed by atoms with E-state index in [1.807, 2.05) is 0 Å². The largest absolute Gasteiger partial charge is 0.504 e. The molecule has 0 fully saturated rings. The minimum absolute atomic E-state index is 0.00619. The number of halogens is 2. The summed E-state index contributed by atoms with van der Waals surface area (Å²) in [5.41, 5.74) is 1.17. The van der Waals surface area contributed by atoms with Gasteiger partial charge in [-0.15, -0.1) is 0 Å². The molecule has 0 unspecified atom stereocenters. The lowest BCUT2D eigenvalue weighted by Crippen LogP contribution is -2.07. The van der Waals surface area contributed by atoms with Crippen LogP contribution in [0.25, 0.3) is 6.08 Å². The second-order valence-corrected chi connectivity index (χ2v) is 5.28. The summed E-state index contributed by atoms with van der Waals surface area (Å²) in [6.07, 6.45) is 2.91. The maximum atomic E-state index is 11.8. The second kappa shape index (κ2) is 7.20. The Bertz CT molecular complexity index is 709. The Labute approximate surface area is 137 Å². The number of phenolic OH excluding ortho intramolecular Hbond substituents is 1. The van der Waals surface area contributed by atoms with Gasteiger partial charge in [0.05, 0.1) is 7.11 Å². The predicted molar refractivity (Wildman–Crippen MR) is 88.8 cm³/mol. The van der Waals surface area contributed by atoms with Crippen molar-refractivity contribution in [2.24, 2.45) is 0 Å². The van der Waals surface area contributed by atoms with E-state index in [9.17, 15) is 9.90 Å². The van der Waals surface area contributed by atoms with Gasteiger partial charge in [-0.1, -0.05) is 29.3 Å². The van der Waals surface area contributed by atoms with Crippen molar-refractivity contribution in [1.82, 2.24) is 0 Å². The van der Waals surface area contributed by atoms with Crippen molar-refractivity contribution in [1.29, 1.82) is 0 Å². The van der Waals surface area contributed by atoms with E-state index in [-0.39, 0.29) is 11.7 Å². The number of amides is 1. The Morgan fingerprint density at radius 2 is 1.86 bits per heavy atom. The van der Waals surface area contributed by atoms with Crippen molar-refractivity contribution in [3.8, 4) is 11.5 Å². The molecule has 0 saturated heterocycles. The zero-order valence-corrected chi connectivity index (χ0v) is 13.2. The van der Waals surface area contributed by atoms with E-state index in [0.717, 1.165) is 0 Å². The highest BCUT2D eigenvalue weighted by atomic mass is 35.5. The van der Waals surface area contributed by atoms with E-state index in [1.54, 1.807) is 36.4 Å². The quantitative estimate of drug-likeness (QED) is 0.815. The SMILES string of the molecule is COc1ccc(C=CC(=O)Nc2cc(Cl)cc(Cl)c2)cc1O. The van der Waals surface area contributed by atoms with E-state index in [0.29, 0.717) is 27.0 Å². The fourth-order valence-electron chi connectivity index (χ4n) is 1.79. The van der Waals surface area contributed by atoms with Crippen LogP contribution in [0.15, 0.2) is 42.5 Å². The van der Waals surface area contributed by atoms with Gasteiger partial charge in [0, 0.05) is 21.8 Å². The Hall–Kier alpha value is -2.17. The van der Waals surface area contributed by atoms with Gasteiger partial charge in [0.15, 0.2) is 11.5 Å². The van der Waals surface area contributed by atoms with Crippen LogP contribution in [0, 0.1) is 0 Å². The third-order valence-electron chi connectivity index (χ3n) is 2.76. The number of nitrogens with one attached hydrogen (secondary N) is 1. The second-order valence-electron chi connectivity index (χ2n) is 4.41. The molecule has 2 aromatic rings. The van der Waals surface area contributed by atoms with Gasteiger partial charge in [-0.2, -0.15) is 0 Å². The maximum absolute atomic E-state index is 11.8. The third-order valence-corrected chi connectivity index (χ3v) is 3.20. The number of hydrogen-bond donors (Lipinski definition) is 2. The molecule has 0 atom stereocenters. The highest BCUT2D eigenvalue weighted by molar-refractivity contribution is 6.35. The summed E-state index contributed by atoms with van der Waals surface area (Å²) in [5.74, 6) is 0.0375. The zero-order valence-electron chi connectivity index (χ0n) is 11.6. The molecule has 2 N–H and O–H groups in total. The molecule has 0 aliphatic heterocycles. The Morgan fingerprint density at radius 3 is 2.45 bits per heavy atom. The van der Waals surface area contributed by atoms with E-state index in [4.69, 9.17) is 27.9 Å². The molecule has 4 nitrogen and oxygen atoms in total. The summed E-state index contributed by atoms with van der Waals surface area (Å²) < 4.78 is 4.95. The van der Waals surface area contributed by atoms with Crippen molar-refractivity contribution in [2.45, 2.75) is 0 Å². The molecule has 0 radical (unpaired) electrons. The average molecular weight is 338 g/mol. The summed E-state index contributed by atoms with van der Waals surface area (Å²) in [7, 11) is 1.47. The molecular formula is C16H13Cl2NO3. The summed E-state index contributed by atoms with van der Waals surface area (Å²) in [6.45, 7) is 0. The molecule has 0 aliphatic carbocycles. The highest BCUT2D eigenvalue weighted by Crippen LogP contribution is 2.26. The van der Waals surface area contributed by atoms with Crippen LogP contribution in [0.2, 0.25) is 10.0 Å². The Morgan fingerprint density at radius 1 is 1.18 bits per heavy atom. The molecule has 114 valence electrons. The minimum atomic E-state index is -0.339. The van der Waals surface area contributed by atoms with E-state index in [1.165, 1.54) is 19.3 Å². The molecule has 0 spiro atoms. The number of carbonyl (C=O) groups is 1. The zero-order chi connectivity index (χ0) is 16.1. The molecule has 6 heteroatoms. The number of aromatic hydroxyl groups is 1. The lowest BCUT2D eigenvalue weighted by molar-refractivity contribution is -0.111. The van der Waals surface area contributed by atoms with E-state index in [2.05, 4.69) is 5.32 Å². The summed E-state index contributed by atoms with van der Waals surface area (Å²) in [4.78, 5) is 11.8. The molecule has 0 aliphatic rings. The van der Waals surface area contributed by atoms with Gasteiger partial charge < -0.3 is 15.2 Å². The number of ether oxygens (including phenoxy) is 1. The fourth-order valence-corrected chi connectivity index (χ4v) is 2.32. The highest BCUT2D eigenvalue weighted by Gasteiger charge is 2.03. The van der Waals surface area contributed by atoms with Gasteiger partial charge in [-0.05, 0) is 42.0 Å². The first kappa shape index (κ1) is 16.2. The lowest BCUT2D eigenvalue weighted by Gasteiger charge is -2.04. The number of hydrogen-bond acceptors (Lipinski definition) is 3. The number of benzene rings is 2. The summed E-state index contributed by atoms with van der Waals surface area (Å²) in [6, 6.07) is 9.60. The number of phenols is 1. The van der Waals surface area contributed by atoms with Gasteiger partial charge in [0.25, 0.3) is 0 Å². The van der Waals surface area contributed by atoms with Gasteiger partial charge in [0.1, 0.15) is 0 Å². The first-order chi connectivity index (χ1) is 10.5. The van der Waals surface area contributed by atoms with Crippen LogP contribution in [0.1, 0.15) is 5.56 Å². The topological polar surface area (TPSA) is 58.6 Å². The third kappa shape index (κ3) is 4.41. The van der Waals surface area contributed by atoms with Crippen LogP contribution in [-0.2, 0) is 4.79 Å². The van der Waals surface area contributed by atoms with Crippen molar-refractivity contribution >= 4 is 40.9 Å². The lowest BCUT2D eigenvalue weighted by atomic mass is 10.2.